The predicted octanol–water partition coefficient (Wildman–Crippen LogP) is 4.11. The van der Waals surface area contributed by atoms with E-state index in [1.807, 2.05) is 0 Å². The van der Waals surface area contributed by atoms with E-state index in [4.69, 9.17) is 0 Å². The molecule has 0 aliphatic carbocycles. The fraction of sp³-hybridized carbons (Fsp3) is 0.0769. The van der Waals surface area contributed by atoms with Gasteiger partial charge in [-0.2, -0.15) is 0 Å². The van der Waals surface area contributed by atoms with E-state index >= 15 is 0 Å². The summed E-state index contributed by atoms with van der Waals surface area (Å²) in [4.78, 5) is 10.2. The van der Waals surface area contributed by atoms with Gasteiger partial charge in [-0.15, -0.1) is 0 Å². The zero-order valence-electron chi connectivity index (χ0n) is 9.77. The number of anilines is 1. The van der Waals surface area contributed by atoms with Crippen molar-refractivity contribution in [1.29, 1.82) is 0 Å². The molecular weight excluding hydrogens is 315 g/mol. The van der Waals surface area contributed by atoms with Crippen LogP contribution in [0.3, 0.4) is 0 Å². The van der Waals surface area contributed by atoms with Crippen molar-refractivity contribution in [3.05, 3.63) is 68.4 Å². The summed E-state index contributed by atoms with van der Waals surface area (Å²) in [5.41, 5.74) is 1.06. The Morgan fingerprint density at radius 1 is 1.26 bits per heavy atom. The van der Waals surface area contributed by atoms with Crippen molar-refractivity contribution in [1.82, 2.24) is 0 Å². The number of hydrogen-bond donors (Lipinski definition) is 1. The van der Waals surface area contributed by atoms with Gasteiger partial charge >= 0.3 is 0 Å². The fourth-order valence-electron chi connectivity index (χ4n) is 1.61. The number of hydrogen-bond acceptors (Lipinski definition) is 3. The minimum absolute atomic E-state index is 0.000265. The standard InChI is InChI=1S/C13H10BrFN2O2/c14-10-4-5-13(15)9(6-10)8-16-11-2-1-3-12(7-11)17(18)19/h1-7,16H,8H2. The van der Waals surface area contributed by atoms with Crippen LogP contribution in [-0.4, -0.2) is 4.92 Å². The fourth-order valence-corrected chi connectivity index (χ4v) is 2.01. The second-order valence-corrected chi connectivity index (χ2v) is 4.81. The first-order valence-electron chi connectivity index (χ1n) is 5.48. The minimum atomic E-state index is -0.467. The van der Waals surface area contributed by atoms with E-state index in [1.54, 1.807) is 24.3 Å². The van der Waals surface area contributed by atoms with Crippen molar-refractivity contribution in [3.8, 4) is 0 Å². The largest absolute Gasteiger partial charge is 0.381 e. The first-order chi connectivity index (χ1) is 9.06. The molecule has 0 saturated heterocycles. The van der Waals surface area contributed by atoms with E-state index in [-0.39, 0.29) is 18.0 Å². The van der Waals surface area contributed by atoms with Crippen molar-refractivity contribution >= 4 is 27.3 Å². The number of nitro groups is 1. The van der Waals surface area contributed by atoms with E-state index in [2.05, 4.69) is 21.2 Å². The first-order valence-corrected chi connectivity index (χ1v) is 6.28. The van der Waals surface area contributed by atoms with E-state index < -0.39 is 4.92 Å². The lowest BCUT2D eigenvalue weighted by atomic mass is 10.2. The Labute approximate surface area is 117 Å². The van der Waals surface area contributed by atoms with Crippen LogP contribution in [-0.2, 0) is 6.54 Å². The van der Waals surface area contributed by atoms with Crippen molar-refractivity contribution < 1.29 is 9.31 Å². The van der Waals surface area contributed by atoms with Crippen molar-refractivity contribution in [2.75, 3.05) is 5.32 Å². The Morgan fingerprint density at radius 3 is 2.79 bits per heavy atom. The van der Waals surface area contributed by atoms with Crippen LogP contribution < -0.4 is 5.32 Å². The maximum Gasteiger partial charge on any atom is 0.271 e. The van der Waals surface area contributed by atoms with Gasteiger partial charge in [-0.05, 0) is 24.3 Å². The van der Waals surface area contributed by atoms with Gasteiger partial charge in [-0.1, -0.05) is 22.0 Å². The molecule has 0 heterocycles. The molecule has 1 N–H and O–H groups in total. The molecule has 0 aromatic heterocycles. The summed E-state index contributed by atoms with van der Waals surface area (Å²) in [5.74, 6) is -0.318. The monoisotopic (exact) mass is 324 g/mol. The number of rotatable bonds is 4. The highest BCUT2D eigenvalue weighted by Crippen LogP contribution is 2.20. The minimum Gasteiger partial charge on any atom is -0.381 e. The Kier molecular flexibility index (Phi) is 4.11. The summed E-state index contributed by atoms with van der Waals surface area (Å²) in [6, 6.07) is 10.8. The summed E-state index contributed by atoms with van der Waals surface area (Å²) in [6.07, 6.45) is 0. The number of nitro benzene ring substituents is 1. The molecule has 0 saturated carbocycles. The molecule has 0 aliphatic rings. The van der Waals surface area contributed by atoms with Gasteiger partial charge in [0.1, 0.15) is 5.82 Å². The second kappa shape index (κ2) is 5.79. The molecule has 0 atom stereocenters. The van der Waals surface area contributed by atoms with E-state index in [0.29, 0.717) is 11.3 Å². The second-order valence-electron chi connectivity index (χ2n) is 3.90. The van der Waals surface area contributed by atoms with Gasteiger partial charge in [-0.3, -0.25) is 10.1 Å². The molecule has 2 aromatic carbocycles. The van der Waals surface area contributed by atoms with Crippen LogP contribution in [0.1, 0.15) is 5.56 Å². The lowest BCUT2D eigenvalue weighted by Gasteiger charge is -2.07. The number of nitrogens with one attached hydrogen (secondary N) is 1. The molecule has 0 bridgehead atoms. The predicted molar refractivity (Wildman–Crippen MR) is 74.5 cm³/mol. The van der Waals surface area contributed by atoms with E-state index in [1.165, 1.54) is 18.2 Å². The Balaban J connectivity index is 2.12. The third kappa shape index (κ3) is 3.51. The molecule has 2 aromatic rings. The molecule has 2 rings (SSSR count). The molecule has 6 heteroatoms. The molecule has 0 amide bonds. The van der Waals surface area contributed by atoms with Gasteiger partial charge < -0.3 is 5.32 Å². The average Bonchev–Trinajstić information content (AvgIpc) is 2.40. The molecule has 0 aliphatic heterocycles. The Morgan fingerprint density at radius 2 is 2.05 bits per heavy atom. The Hall–Kier alpha value is -1.95. The molecular formula is C13H10BrFN2O2. The molecule has 19 heavy (non-hydrogen) atoms. The molecule has 0 spiro atoms. The zero-order chi connectivity index (χ0) is 13.8. The van der Waals surface area contributed by atoms with Crippen LogP contribution in [0.2, 0.25) is 0 Å². The summed E-state index contributed by atoms with van der Waals surface area (Å²) < 4.78 is 14.3. The maximum absolute atomic E-state index is 13.5. The molecule has 0 unspecified atom stereocenters. The third-order valence-corrected chi connectivity index (χ3v) is 3.04. The van der Waals surface area contributed by atoms with Gasteiger partial charge in [0.2, 0.25) is 0 Å². The van der Waals surface area contributed by atoms with E-state index in [0.717, 1.165) is 4.47 Å². The number of halogens is 2. The summed E-state index contributed by atoms with van der Waals surface area (Å²) >= 11 is 3.27. The van der Waals surface area contributed by atoms with Crippen LogP contribution in [0, 0.1) is 15.9 Å². The normalized spacial score (nSPS) is 10.2. The number of non-ortho nitro benzene ring substituents is 1. The Bertz CT molecular complexity index is 619. The topological polar surface area (TPSA) is 55.2 Å². The van der Waals surface area contributed by atoms with E-state index in [9.17, 15) is 14.5 Å². The molecule has 98 valence electrons. The van der Waals surface area contributed by atoms with Crippen LogP contribution in [0.25, 0.3) is 0 Å². The van der Waals surface area contributed by atoms with Crippen LogP contribution >= 0.6 is 15.9 Å². The first kappa shape index (κ1) is 13.5. The van der Waals surface area contributed by atoms with Gasteiger partial charge in [0.25, 0.3) is 5.69 Å². The highest BCUT2D eigenvalue weighted by molar-refractivity contribution is 9.10. The highest BCUT2D eigenvalue weighted by atomic mass is 79.9. The highest BCUT2D eigenvalue weighted by Gasteiger charge is 2.06. The SMILES string of the molecule is O=[N+]([O-])c1cccc(NCc2cc(Br)ccc2F)c1. The quantitative estimate of drug-likeness (QED) is 0.680. The zero-order valence-corrected chi connectivity index (χ0v) is 11.4. The molecule has 0 fully saturated rings. The van der Waals surface area contributed by atoms with Crippen molar-refractivity contribution in [2.45, 2.75) is 6.54 Å². The van der Waals surface area contributed by atoms with Crippen LogP contribution in [0.5, 0.6) is 0 Å². The van der Waals surface area contributed by atoms with Gasteiger partial charge in [0, 0.05) is 34.4 Å². The summed E-state index contributed by atoms with van der Waals surface area (Å²) in [6.45, 7) is 0.256. The van der Waals surface area contributed by atoms with Crippen molar-refractivity contribution in [3.63, 3.8) is 0 Å². The van der Waals surface area contributed by atoms with Gasteiger partial charge in [0.05, 0.1) is 4.92 Å². The van der Waals surface area contributed by atoms with Crippen molar-refractivity contribution in [2.24, 2.45) is 0 Å². The van der Waals surface area contributed by atoms with Gasteiger partial charge in [0.15, 0.2) is 0 Å². The van der Waals surface area contributed by atoms with Crippen LogP contribution in [0.15, 0.2) is 46.9 Å². The van der Waals surface area contributed by atoms with Gasteiger partial charge in [-0.25, -0.2) is 4.39 Å². The summed E-state index contributed by atoms with van der Waals surface area (Å²) in [7, 11) is 0. The van der Waals surface area contributed by atoms with Crippen LogP contribution in [0.4, 0.5) is 15.8 Å². The molecule has 4 nitrogen and oxygen atoms in total. The lowest BCUT2D eigenvalue weighted by Crippen LogP contribution is -2.02. The summed E-state index contributed by atoms with van der Waals surface area (Å²) in [5, 5.41) is 13.6. The number of nitrogens with zero attached hydrogens (tertiary/aromatic N) is 1. The smallest absolute Gasteiger partial charge is 0.271 e. The lowest BCUT2D eigenvalue weighted by molar-refractivity contribution is -0.384. The third-order valence-electron chi connectivity index (χ3n) is 2.55. The average molecular weight is 325 g/mol. The number of benzene rings is 2. The molecule has 0 radical (unpaired) electrons. The maximum atomic E-state index is 13.5.